The predicted octanol–water partition coefficient (Wildman–Crippen LogP) is 5.25. The Hall–Kier alpha value is -1.08. The molecule has 1 N–H and O–H groups in total. The van der Waals surface area contributed by atoms with Gasteiger partial charge in [-0.3, -0.25) is 4.79 Å². The molecule has 1 heterocycles. The van der Waals surface area contributed by atoms with E-state index < -0.39 is 7.26 Å². The highest BCUT2D eigenvalue weighted by Crippen LogP contribution is 2.63. The minimum absolute atomic E-state index is 0.191. The van der Waals surface area contributed by atoms with Gasteiger partial charge in [0.05, 0.1) is 19.4 Å². The molecule has 134 valence electrons. The van der Waals surface area contributed by atoms with Crippen LogP contribution in [0.5, 0.6) is 5.75 Å². The maximum atomic E-state index is 13.1. The first-order valence-corrected chi connectivity index (χ1v) is 11.9. The van der Waals surface area contributed by atoms with Crippen LogP contribution in [0.1, 0.15) is 50.2 Å². The molecule has 0 spiro atoms. The molecule has 1 aromatic rings. The highest BCUT2D eigenvalue weighted by atomic mass is 31.2. The molecule has 1 atom stereocenters. The largest absolute Gasteiger partial charge is 0.497 e. The van der Waals surface area contributed by atoms with E-state index in [0.717, 1.165) is 29.0 Å². The van der Waals surface area contributed by atoms with Crippen LogP contribution >= 0.6 is 7.26 Å². The highest BCUT2D eigenvalue weighted by molar-refractivity contribution is 7.76. The molecule has 0 aromatic heterocycles. The first-order chi connectivity index (χ1) is 11.4. The minimum Gasteiger partial charge on any atom is -0.497 e. The standard InChI is InChI=1S/C20H32NO2P/c1-6-18(24(5)11-9-7-8-10-12-24)20(22)21-19-15(2)13-17(23-4)14-16(19)3/h13-14,18H,6-12H2,1-5H3/p+1. The summed E-state index contributed by atoms with van der Waals surface area (Å²) in [7, 11) is 0.485. The van der Waals surface area contributed by atoms with E-state index >= 15 is 0 Å². The third-order valence-electron chi connectivity index (χ3n) is 5.52. The second kappa shape index (κ2) is 8.34. The molecule has 24 heavy (non-hydrogen) atoms. The van der Waals surface area contributed by atoms with Crippen LogP contribution in [-0.4, -0.2) is 37.7 Å². The molecule has 2 rings (SSSR count). The van der Waals surface area contributed by atoms with Gasteiger partial charge in [0.1, 0.15) is 11.4 Å². The number of aryl methyl sites for hydroxylation is 2. The van der Waals surface area contributed by atoms with Gasteiger partial charge in [-0.05, 0) is 69.2 Å². The lowest BCUT2D eigenvalue weighted by atomic mass is 10.1. The van der Waals surface area contributed by atoms with E-state index in [1.54, 1.807) is 7.11 Å². The molecule has 3 nitrogen and oxygen atoms in total. The average molecular weight is 350 g/mol. The molecule has 0 radical (unpaired) electrons. The Morgan fingerprint density at radius 1 is 1.17 bits per heavy atom. The van der Waals surface area contributed by atoms with E-state index in [4.69, 9.17) is 4.74 Å². The van der Waals surface area contributed by atoms with Gasteiger partial charge in [0.25, 0.3) is 5.91 Å². The van der Waals surface area contributed by atoms with Crippen molar-refractivity contribution in [1.29, 1.82) is 0 Å². The third kappa shape index (κ3) is 4.30. The fraction of sp³-hybridized carbons (Fsp3) is 0.650. The predicted molar refractivity (Wildman–Crippen MR) is 106 cm³/mol. The summed E-state index contributed by atoms with van der Waals surface area (Å²) in [5.41, 5.74) is 3.29. The summed E-state index contributed by atoms with van der Waals surface area (Å²) >= 11 is 0. The van der Waals surface area contributed by atoms with E-state index in [-0.39, 0.29) is 11.6 Å². The lowest BCUT2D eigenvalue weighted by molar-refractivity contribution is -0.115. The summed E-state index contributed by atoms with van der Waals surface area (Å²) in [4.78, 5) is 13.1. The SMILES string of the molecule is CCC(C(=O)Nc1c(C)cc(OC)cc1C)[P+]1(C)CCCCCC1. The summed E-state index contributed by atoms with van der Waals surface area (Å²) in [6.45, 7) is 8.68. The number of methoxy groups -OCH3 is 1. The van der Waals surface area contributed by atoms with Crippen molar-refractivity contribution in [3.05, 3.63) is 23.3 Å². The van der Waals surface area contributed by atoms with E-state index in [0.29, 0.717) is 0 Å². The third-order valence-corrected chi connectivity index (χ3v) is 10.3. The Kier molecular flexibility index (Phi) is 6.69. The van der Waals surface area contributed by atoms with Gasteiger partial charge in [0, 0.05) is 19.6 Å². The van der Waals surface area contributed by atoms with Crippen molar-refractivity contribution in [2.45, 2.75) is 58.5 Å². The topological polar surface area (TPSA) is 38.3 Å². The van der Waals surface area contributed by atoms with Crippen LogP contribution in [0.2, 0.25) is 0 Å². The van der Waals surface area contributed by atoms with Crippen LogP contribution in [0, 0.1) is 13.8 Å². The smallest absolute Gasteiger partial charge is 0.265 e. The maximum Gasteiger partial charge on any atom is 0.265 e. The quantitative estimate of drug-likeness (QED) is 0.737. The number of rotatable bonds is 5. The number of carbonyl (C=O) groups is 1. The molecule has 1 saturated heterocycles. The molecular weight excluding hydrogens is 317 g/mol. The van der Waals surface area contributed by atoms with E-state index in [9.17, 15) is 4.79 Å². The molecule has 0 aliphatic carbocycles. The van der Waals surface area contributed by atoms with Crippen molar-refractivity contribution in [2.24, 2.45) is 0 Å². The highest BCUT2D eigenvalue weighted by Gasteiger charge is 2.44. The molecular formula is C20H33NO2P+. The van der Waals surface area contributed by atoms with E-state index in [1.807, 2.05) is 26.0 Å². The summed E-state index contributed by atoms with van der Waals surface area (Å²) in [5.74, 6) is 1.07. The van der Waals surface area contributed by atoms with Crippen LogP contribution < -0.4 is 10.1 Å². The van der Waals surface area contributed by atoms with Crippen molar-refractivity contribution in [3.63, 3.8) is 0 Å². The van der Waals surface area contributed by atoms with Crippen molar-refractivity contribution in [3.8, 4) is 5.75 Å². The average Bonchev–Trinajstić information content (AvgIpc) is 2.76. The van der Waals surface area contributed by atoms with Gasteiger partial charge in [0.2, 0.25) is 0 Å². The van der Waals surface area contributed by atoms with Crippen molar-refractivity contribution in [1.82, 2.24) is 0 Å². The fourth-order valence-electron chi connectivity index (χ4n) is 4.08. The second-order valence-electron chi connectivity index (χ2n) is 7.39. The zero-order valence-electron chi connectivity index (χ0n) is 15.9. The van der Waals surface area contributed by atoms with Crippen LogP contribution in [-0.2, 0) is 4.79 Å². The molecule has 1 fully saturated rings. The number of ether oxygens (including phenoxy) is 1. The zero-order valence-corrected chi connectivity index (χ0v) is 16.8. The second-order valence-corrected chi connectivity index (χ2v) is 11.9. The lowest BCUT2D eigenvalue weighted by Crippen LogP contribution is -2.32. The van der Waals surface area contributed by atoms with Crippen LogP contribution in [0.25, 0.3) is 0 Å². The molecule has 1 unspecified atom stereocenters. The summed E-state index contributed by atoms with van der Waals surface area (Å²) in [6.07, 6.45) is 8.78. The van der Waals surface area contributed by atoms with Gasteiger partial charge in [-0.1, -0.05) is 6.92 Å². The van der Waals surface area contributed by atoms with Gasteiger partial charge in [-0.2, -0.15) is 0 Å². The summed E-state index contributed by atoms with van der Waals surface area (Å²) in [6, 6.07) is 3.98. The number of hydrogen-bond acceptors (Lipinski definition) is 2. The molecule has 0 bridgehead atoms. The molecule has 0 saturated carbocycles. The Bertz CT molecular complexity index is 554. The Morgan fingerprint density at radius 3 is 2.17 bits per heavy atom. The lowest BCUT2D eigenvalue weighted by Gasteiger charge is -2.29. The van der Waals surface area contributed by atoms with Gasteiger partial charge in [0.15, 0.2) is 0 Å². The van der Waals surface area contributed by atoms with E-state index in [2.05, 4.69) is 18.9 Å². The molecule has 4 heteroatoms. The van der Waals surface area contributed by atoms with Crippen LogP contribution in [0.15, 0.2) is 12.1 Å². The number of amides is 1. The number of nitrogens with one attached hydrogen (secondary N) is 1. The Labute approximate surface area is 147 Å². The number of benzene rings is 1. The van der Waals surface area contributed by atoms with Gasteiger partial charge < -0.3 is 10.1 Å². The van der Waals surface area contributed by atoms with Crippen molar-refractivity contribution in [2.75, 3.05) is 31.4 Å². The Morgan fingerprint density at radius 2 is 1.71 bits per heavy atom. The maximum absolute atomic E-state index is 13.1. The molecule has 1 amide bonds. The van der Waals surface area contributed by atoms with Gasteiger partial charge >= 0.3 is 0 Å². The molecule has 1 aromatic carbocycles. The summed E-state index contributed by atoms with van der Waals surface area (Å²) < 4.78 is 5.32. The molecule has 1 aliphatic heterocycles. The van der Waals surface area contributed by atoms with Crippen molar-refractivity contribution >= 4 is 18.9 Å². The summed E-state index contributed by atoms with van der Waals surface area (Å²) in [5, 5.41) is 3.26. The van der Waals surface area contributed by atoms with Gasteiger partial charge in [-0.15, -0.1) is 0 Å². The normalized spacial score (nSPS) is 18.5. The van der Waals surface area contributed by atoms with Crippen molar-refractivity contribution < 1.29 is 9.53 Å². The number of anilines is 1. The van der Waals surface area contributed by atoms with Crippen LogP contribution in [0.3, 0.4) is 0 Å². The number of hydrogen-bond donors (Lipinski definition) is 1. The first kappa shape index (κ1) is 19.2. The first-order valence-electron chi connectivity index (χ1n) is 9.21. The molecule has 1 aliphatic rings. The fourth-order valence-corrected chi connectivity index (χ4v) is 8.33. The van der Waals surface area contributed by atoms with E-state index in [1.165, 1.54) is 38.0 Å². The number of carbonyl (C=O) groups excluding carboxylic acids is 1. The Balaban J connectivity index is 2.20. The minimum atomic E-state index is -1.19. The van der Waals surface area contributed by atoms with Crippen LogP contribution in [0.4, 0.5) is 5.69 Å². The zero-order chi connectivity index (χ0) is 17.7. The van der Waals surface area contributed by atoms with Gasteiger partial charge in [-0.25, -0.2) is 0 Å². The monoisotopic (exact) mass is 350 g/mol.